The van der Waals surface area contributed by atoms with Crippen molar-refractivity contribution in [3.8, 4) is 0 Å². The summed E-state index contributed by atoms with van der Waals surface area (Å²) in [6.45, 7) is 7.47. The Morgan fingerprint density at radius 3 is 2.81 bits per heavy atom. The van der Waals surface area contributed by atoms with Gasteiger partial charge in [0.25, 0.3) is 0 Å². The number of hydrogen-bond donors (Lipinski definition) is 0. The summed E-state index contributed by atoms with van der Waals surface area (Å²) < 4.78 is 8.63. The van der Waals surface area contributed by atoms with Crippen LogP contribution in [-0.4, -0.2) is 32.7 Å². The van der Waals surface area contributed by atoms with E-state index in [1.165, 1.54) is 0 Å². The van der Waals surface area contributed by atoms with Gasteiger partial charge in [-0.1, -0.05) is 6.07 Å². The molecule has 0 N–H and O–H groups in total. The molecule has 2 aromatic rings. The molecule has 1 amide bonds. The second-order valence-electron chi connectivity index (χ2n) is 6.19. The van der Waals surface area contributed by atoms with Crippen LogP contribution in [0.2, 0.25) is 0 Å². The SMILES string of the molecule is CC(C)(C)OC(=O)N1CCn2c(nc3cccc(Br)c32)C1. The van der Waals surface area contributed by atoms with Gasteiger partial charge in [-0.05, 0) is 48.8 Å². The van der Waals surface area contributed by atoms with Crippen LogP contribution < -0.4 is 0 Å². The summed E-state index contributed by atoms with van der Waals surface area (Å²) in [7, 11) is 0. The van der Waals surface area contributed by atoms with Gasteiger partial charge >= 0.3 is 6.09 Å². The van der Waals surface area contributed by atoms with Crippen molar-refractivity contribution in [3.63, 3.8) is 0 Å². The Balaban J connectivity index is 1.88. The molecule has 1 aromatic carbocycles. The lowest BCUT2D eigenvalue weighted by Crippen LogP contribution is -2.41. The van der Waals surface area contributed by atoms with E-state index in [1.54, 1.807) is 4.90 Å². The van der Waals surface area contributed by atoms with Gasteiger partial charge in [-0.3, -0.25) is 4.90 Å². The molecule has 6 heteroatoms. The van der Waals surface area contributed by atoms with Crippen LogP contribution in [0.25, 0.3) is 11.0 Å². The van der Waals surface area contributed by atoms with Gasteiger partial charge in [0.2, 0.25) is 0 Å². The number of imidazole rings is 1. The van der Waals surface area contributed by atoms with Crippen LogP contribution in [0.15, 0.2) is 22.7 Å². The number of hydrogen-bond acceptors (Lipinski definition) is 3. The molecule has 3 rings (SSSR count). The quantitative estimate of drug-likeness (QED) is 0.729. The number of carbonyl (C=O) groups excluding carboxylic acids is 1. The lowest BCUT2D eigenvalue weighted by molar-refractivity contribution is 0.0196. The first-order valence-corrected chi connectivity index (χ1v) is 7.76. The molecule has 2 heterocycles. The number of aromatic nitrogens is 2. The van der Waals surface area contributed by atoms with Crippen LogP contribution in [0.5, 0.6) is 0 Å². The zero-order valence-corrected chi connectivity index (χ0v) is 14.0. The summed E-state index contributed by atoms with van der Waals surface area (Å²) in [5.41, 5.74) is 1.57. The molecule has 0 saturated carbocycles. The molecule has 112 valence electrons. The van der Waals surface area contributed by atoms with Gasteiger partial charge in [0.1, 0.15) is 11.4 Å². The summed E-state index contributed by atoms with van der Waals surface area (Å²) >= 11 is 3.57. The number of carbonyl (C=O) groups is 1. The largest absolute Gasteiger partial charge is 0.444 e. The van der Waals surface area contributed by atoms with E-state index in [1.807, 2.05) is 39.0 Å². The molecule has 5 nitrogen and oxygen atoms in total. The third kappa shape index (κ3) is 2.77. The van der Waals surface area contributed by atoms with E-state index in [-0.39, 0.29) is 6.09 Å². The number of fused-ring (bicyclic) bond motifs is 3. The minimum atomic E-state index is -0.475. The first-order valence-electron chi connectivity index (χ1n) is 6.97. The van der Waals surface area contributed by atoms with Crippen molar-refractivity contribution in [1.29, 1.82) is 0 Å². The highest BCUT2D eigenvalue weighted by atomic mass is 79.9. The van der Waals surface area contributed by atoms with E-state index < -0.39 is 5.60 Å². The fourth-order valence-corrected chi connectivity index (χ4v) is 3.07. The fourth-order valence-electron chi connectivity index (χ4n) is 2.50. The fraction of sp³-hybridized carbons (Fsp3) is 0.467. The van der Waals surface area contributed by atoms with Gasteiger partial charge in [-0.25, -0.2) is 9.78 Å². The lowest BCUT2D eigenvalue weighted by Gasteiger charge is -2.30. The first kappa shape index (κ1) is 14.4. The molecule has 0 radical (unpaired) electrons. The summed E-state index contributed by atoms with van der Waals surface area (Å²) in [5.74, 6) is 0.897. The zero-order chi connectivity index (χ0) is 15.2. The molecule has 0 bridgehead atoms. The number of benzene rings is 1. The highest BCUT2D eigenvalue weighted by Crippen LogP contribution is 2.27. The average molecular weight is 352 g/mol. The monoisotopic (exact) mass is 351 g/mol. The highest BCUT2D eigenvalue weighted by Gasteiger charge is 2.27. The Bertz CT molecular complexity index is 703. The molecule has 1 aliphatic rings. The van der Waals surface area contributed by atoms with Crippen molar-refractivity contribution in [1.82, 2.24) is 14.5 Å². The van der Waals surface area contributed by atoms with E-state index in [9.17, 15) is 4.79 Å². The van der Waals surface area contributed by atoms with Crippen LogP contribution in [-0.2, 0) is 17.8 Å². The maximum absolute atomic E-state index is 12.2. The molecule has 0 fully saturated rings. The third-order valence-electron chi connectivity index (χ3n) is 3.37. The van der Waals surface area contributed by atoms with Crippen molar-refractivity contribution in [2.24, 2.45) is 0 Å². The molecule has 0 saturated heterocycles. The highest BCUT2D eigenvalue weighted by molar-refractivity contribution is 9.10. The zero-order valence-electron chi connectivity index (χ0n) is 12.4. The predicted octanol–water partition coefficient (Wildman–Crippen LogP) is 3.55. The standard InChI is InChI=1S/C15H18BrN3O2/c1-15(2,3)21-14(20)18-7-8-19-12(9-18)17-11-6-4-5-10(16)13(11)19/h4-6H,7-9H2,1-3H3. The Morgan fingerprint density at radius 1 is 1.33 bits per heavy atom. The van der Waals surface area contributed by atoms with Gasteiger partial charge in [0.15, 0.2) is 0 Å². The molecular formula is C15H18BrN3O2. The second kappa shape index (κ2) is 5.02. The summed E-state index contributed by atoms with van der Waals surface area (Å²) in [4.78, 5) is 18.5. The minimum Gasteiger partial charge on any atom is -0.444 e. The molecular weight excluding hydrogens is 334 g/mol. The number of para-hydroxylation sites is 1. The topological polar surface area (TPSA) is 47.4 Å². The lowest BCUT2D eigenvalue weighted by atomic mass is 10.2. The molecule has 1 aliphatic heterocycles. The second-order valence-corrected chi connectivity index (χ2v) is 7.04. The maximum atomic E-state index is 12.2. The van der Waals surface area contributed by atoms with E-state index in [0.29, 0.717) is 13.1 Å². The van der Waals surface area contributed by atoms with Crippen LogP contribution in [0, 0.1) is 0 Å². The van der Waals surface area contributed by atoms with Crippen molar-refractivity contribution in [2.75, 3.05) is 6.54 Å². The van der Waals surface area contributed by atoms with Gasteiger partial charge in [0, 0.05) is 17.6 Å². The predicted molar refractivity (Wildman–Crippen MR) is 84.1 cm³/mol. The third-order valence-corrected chi connectivity index (χ3v) is 4.01. The molecule has 1 aromatic heterocycles. The Hall–Kier alpha value is -1.56. The van der Waals surface area contributed by atoms with E-state index in [2.05, 4.69) is 25.5 Å². The molecule has 0 spiro atoms. The van der Waals surface area contributed by atoms with Crippen molar-refractivity contribution >= 4 is 33.1 Å². The Labute approximate surface area is 132 Å². The normalized spacial score (nSPS) is 15.1. The smallest absolute Gasteiger partial charge is 0.410 e. The van der Waals surface area contributed by atoms with Gasteiger partial charge in [-0.2, -0.15) is 0 Å². The number of nitrogens with zero attached hydrogens (tertiary/aromatic N) is 3. The van der Waals surface area contributed by atoms with Gasteiger partial charge < -0.3 is 9.30 Å². The molecule has 0 unspecified atom stereocenters. The van der Waals surface area contributed by atoms with Gasteiger partial charge in [-0.15, -0.1) is 0 Å². The first-order chi connectivity index (χ1) is 9.85. The van der Waals surface area contributed by atoms with E-state index >= 15 is 0 Å². The van der Waals surface area contributed by atoms with Crippen LogP contribution >= 0.6 is 15.9 Å². The number of halogens is 1. The summed E-state index contributed by atoms with van der Waals surface area (Å²) in [6, 6.07) is 5.97. The number of rotatable bonds is 0. The van der Waals surface area contributed by atoms with E-state index in [4.69, 9.17) is 4.74 Å². The Kier molecular flexibility index (Phi) is 3.43. The summed E-state index contributed by atoms with van der Waals surface area (Å²) in [6.07, 6.45) is -0.278. The number of amides is 1. The van der Waals surface area contributed by atoms with E-state index in [0.717, 1.165) is 27.9 Å². The Morgan fingerprint density at radius 2 is 2.10 bits per heavy atom. The van der Waals surface area contributed by atoms with Gasteiger partial charge in [0.05, 0.1) is 17.6 Å². The maximum Gasteiger partial charge on any atom is 0.410 e. The minimum absolute atomic E-state index is 0.278. The summed E-state index contributed by atoms with van der Waals surface area (Å²) in [5, 5.41) is 0. The van der Waals surface area contributed by atoms with Crippen LogP contribution in [0.1, 0.15) is 26.6 Å². The van der Waals surface area contributed by atoms with Crippen LogP contribution in [0.4, 0.5) is 4.79 Å². The average Bonchev–Trinajstić information content (AvgIpc) is 2.75. The van der Waals surface area contributed by atoms with Crippen molar-refractivity contribution < 1.29 is 9.53 Å². The van der Waals surface area contributed by atoms with Crippen molar-refractivity contribution in [2.45, 2.75) is 39.5 Å². The number of ether oxygens (including phenoxy) is 1. The molecule has 21 heavy (non-hydrogen) atoms. The van der Waals surface area contributed by atoms with Crippen LogP contribution in [0.3, 0.4) is 0 Å². The van der Waals surface area contributed by atoms with Crippen molar-refractivity contribution in [3.05, 3.63) is 28.5 Å². The molecule has 0 aliphatic carbocycles. The molecule has 0 atom stereocenters.